The van der Waals surface area contributed by atoms with Crippen LogP contribution in [-0.4, -0.2) is 29.7 Å². The zero-order valence-electron chi connectivity index (χ0n) is 4.88. The summed E-state index contributed by atoms with van der Waals surface area (Å²) in [7, 11) is 0. The minimum Gasteiger partial charge on any atom is -0.313 e. The molecule has 0 saturated carbocycles. The van der Waals surface area contributed by atoms with Crippen molar-refractivity contribution in [2.24, 2.45) is 0 Å². The van der Waals surface area contributed by atoms with Gasteiger partial charge in [0, 0.05) is 25.8 Å². The number of hydrogen-bond acceptors (Lipinski definition) is 2. The summed E-state index contributed by atoms with van der Waals surface area (Å²) in [6.07, 6.45) is 5.63. The van der Waals surface area contributed by atoms with Gasteiger partial charge in [-0.25, -0.2) is 5.01 Å². The molecule has 2 heterocycles. The molecule has 8 heavy (non-hydrogen) atoms. The Bertz CT molecular complexity index is 116. The molecule has 2 rings (SSSR count). The Morgan fingerprint density at radius 2 is 2.00 bits per heavy atom. The maximum atomic E-state index is 2.34. The van der Waals surface area contributed by atoms with Gasteiger partial charge in [-0.3, -0.25) is 0 Å². The Morgan fingerprint density at radius 3 is 2.50 bits per heavy atom. The molecular weight excluding hydrogens is 100 g/mol. The van der Waals surface area contributed by atoms with Gasteiger partial charge in [-0.05, 0) is 6.42 Å². The number of hydrazine groups is 1. The molecule has 0 spiro atoms. The van der Waals surface area contributed by atoms with E-state index in [0.717, 1.165) is 0 Å². The molecule has 1 fully saturated rings. The van der Waals surface area contributed by atoms with Crippen LogP contribution in [0.15, 0.2) is 12.3 Å². The van der Waals surface area contributed by atoms with Crippen molar-refractivity contribution in [1.29, 1.82) is 0 Å². The fraction of sp³-hybridized carbons (Fsp3) is 0.667. The van der Waals surface area contributed by atoms with Crippen molar-refractivity contribution in [2.45, 2.75) is 6.42 Å². The van der Waals surface area contributed by atoms with Crippen molar-refractivity contribution >= 4 is 0 Å². The summed E-state index contributed by atoms with van der Waals surface area (Å²) < 4.78 is 0. The quantitative estimate of drug-likeness (QED) is 0.452. The zero-order chi connectivity index (χ0) is 5.40. The van der Waals surface area contributed by atoms with E-state index in [1.807, 2.05) is 0 Å². The third-order valence-electron chi connectivity index (χ3n) is 1.59. The van der Waals surface area contributed by atoms with Crippen LogP contribution in [-0.2, 0) is 0 Å². The molecule has 2 nitrogen and oxygen atoms in total. The van der Waals surface area contributed by atoms with Crippen molar-refractivity contribution in [3.8, 4) is 0 Å². The molecule has 0 amide bonds. The third-order valence-corrected chi connectivity index (χ3v) is 1.59. The SMILES string of the molecule is C1=CN(N2CC2)CC1. The van der Waals surface area contributed by atoms with Gasteiger partial charge >= 0.3 is 0 Å². The van der Waals surface area contributed by atoms with E-state index in [9.17, 15) is 0 Å². The van der Waals surface area contributed by atoms with Crippen LogP contribution in [0.4, 0.5) is 0 Å². The molecule has 0 aromatic rings. The van der Waals surface area contributed by atoms with Crippen LogP contribution < -0.4 is 0 Å². The smallest absolute Gasteiger partial charge is 0.0375 e. The average molecular weight is 110 g/mol. The molecule has 0 aromatic carbocycles. The summed E-state index contributed by atoms with van der Waals surface area (Å²) in [6.45, 7) is 3.74. The lowest BCUT2D eigenvalue weighted by atomic mass is 10.5. The van der Waals surface area contributed by atoms with Crippen LogP contribution in [0.2, 0.25) is 0 Å². The van der Waals surface area contributed by atoms with Crippen molar-refractivity contribution in [3.63, 3.8) is 0 Å². The van der Waals surface area contributed by atoms with Gasteiger partial charge in [0.1, 0.15) is 0 Å². The largest absolute Gasteiger partial charge is 0.313 e. The van der Waals surface area contributed by atoms with E-state index in [-0.39, 0.29) is 0 Å². The maximum absolute atomic E-state index is 2.34. The molecular formula is C6H10N2. The van der Waals surface area contributed by atoms with Crippen LogP contribution in [0.1, 0.15) is 6.42 Å². The van der Waals surface area contributed by atoms with Crippen molar-refractivity contribution in [1.82, 2.24) is 10.0 Å². The van der Waals surface area contributed by atoms with Crippen molar-refractivity contribution in [2.75, 3.05) is 19.6 Å². The molecule has 2 aliphatic rings. The minimum atomic E-state index is 1.21. The predicted octanol–water partition coefficient (Wildman–Crippen LogP) is 0.436. The maximum Gasteiger partial charge on any atom is 0.0375 e. The predicted molar refractivity (Wildman–Crippen MR) is 32.0 cm³/mol. The first-order chi connectivity index (χ1) is 3.97. The first-order valence-electron chi connectivity index (χ1n) is 3.15. The lowest BCUT2D eigenvalue weighted by molar-refractivity contribution is 0.173. The van der Waals surface area contributed by atoms with Crippen LogP contribution in [0, 0.1) is 0 Å². The second-order valence-electron chi connectivity index (χ2n) is 2.29. The normalized spacial score (nSPS) is 27.2. The van der Waals surface area contributed by atoms with Gasteiger partial charge < -0.3 is 5.01 Å². The van der Waals surface area contributed by atoms with Gasteiger partial charge in [0.15, 0.2) is 0 Å². The minimum absolute atomic E-state index is 1.21. The highest BCUT2D eigenvalue weighted by Crippen LogP contribution is 2.14. The molecule has 2 aliphatic heterocycles. The van der Waals surface area contributed by atoms with Crippen LogP contribution in [0.5, 0.6) is 0 Å². The van der Waals surface area contributed by atoms with Gasteiger partial charge in [0.05, 0.1) is 0 Å². The highest BCUT2D eigenvalue weighted by molar-refractivity contribution is 4.92. The number of rotatable bonds is 1. The highest BCUT2D eigenvalue weighted by atomic mass is 15.7. The first kappa shape index (κ1) is 4.39. The van der Waals surface area contributed by atoms with Crippen molar-refractivity contribution in [3.05, 3.63) is 12.3 Å². The van der Waals surface area contributed by atoms with E-state index >= 15 is 0 Å². The van der Waals surface area contributed by atoms with Gasteiger partial charge in [-0.2, -0.15) is 0 Å². The Labute approximate surface area is 49.4 Å². The van der Waals surface area contributed by atoms with Crippen LogP contribution in [0.25, 0.3) is 0 Å². The van der Waals surface area contributed by atoms with Crippen molar-refractivity contribution < 1.29 is 0 Å². The Morgan fingerprint density at radius 1 is 1.12 bits per heavy atom. The summed E-state index contributed by atoms with van der Waals surface area (Å²) in [5.41, 5.74) is 0. The summed E-state index contributed by atoms with van der Waals surface area (Å²) in [5, 5.41) is 4.63. The molecule has 0 N–H and O–H groups in total. The van der Waals surface area contributed by atoms with Gasteiger partial charge in [-0.1, -0.05) is 6.08 Å². The van der Waals surface area contributed by atoms with Gasteiger partial charge in [-0.15, -0.1) is 0 Å². The zero-order valence-corrected chi connectivity index (χ0v) is 4.88. The van der Waals surface area contributed by atoms with Crippen LogP contribution >= 0.6 is 0 Å². The van der Waals surface area contributed by atoms with E-state index in [0.29, 0.717) is 0 Å². The van der Waals surface area contributed by atoms with Crippen LogP contribution in [0.3, 0.4) is 0 Å². The molecule has 0 bridgehead atoms. The third kappa shape index (κ3) is 0.611. The summed E-state index contributed by atoms with van der Waals surface area (Å²) >= 11 is 0. The van der Waals surface area contributed by atoms with E-state index in [1.165, 1.54) is 26.1 Å². The summed E-state index contributed by atoms with van der Waals surface area (Å²) in [4.78, 5) is 0. The monoisotopic (exact) mass is 110 g/mol. The van der Waals surface area contributed by atoms with E-state index in [1.54, 1.807) is 0 Å². The van der Waals surface area contributed by atoms with E-state index in [4.69, 9.17) is 0 Å². The molecule has 1 saturated heterocycles. The Balaban J connectivity index is 1.95. The number of hydrogen-bond donors (Lipinski definition) is 0. The number of nitrogens with zero attached hydrogens (tertiary/aromatic N) is 2. The molecule has 0 atom stereocenters. The van der Waals surface area contributed by atoms with Gasteiger partial charge in [0.25, 0.3) is 0 Å². The first-order valence-corrected chi connectivity index (χ1v) is 3.15. The molecule has 0 aromatic heterocycles. The summed E-state index contributed by atoms with van der Waals surface area (Å²) in [6, 6.07) is 0. The topological polar surface area (TPSA) is 6.25 Å². The second kappa shape index (κ2) is 1.49. The molecule has 0 aliphatic carbocycles. The Hall–Kier alpha value is -0.500. The molecule has 0 unspecified atom stereocenters. The van der Waals surface area contributed by atoms with E-state index in [2.05, 4.69) is 22.3 Å². The van der Waals surface area contributed by atoms with E-state index < -0.39 is 0 Å². The lowest BCUT2D eigenvalue weighted by Crippen LogP contribution is -2.20. The lowest BCUT2D eigenvalue weighted by Gasteiger charge is -2.14. The standard InChI is InChI=1S/C6H10N2/c1-2-4-7(3-1)8-5-6-8/h1,3H,2,4-6H2. The molecule has 0 radical (unpaired) electrons. The second-order valence-corrected chi connectivity index (χ2v) is 2.29. The fourth-order valence-electron chi connectivity index (χ4n) is 1.01. The Kier molecular flexibility index (Phi) is 0.815. The fourth-order valence-corrected chi connectivity index (χ4v) is 1.01. The average Bonchev–Trinajstić information content (AvgIpc) is 2.49. The summed E-state index contributed by atoms with van der Waals surface area (Å²) in [5.74, 6) is 0. The molecule has 44 valence electrons. The molecule has 2 heteroatoms. The highest BCUT2D eigenvalue weighted by Gasteiger charge is 2.23. The van der Waals surface area contributed by atoms with Gasteiger partial charge in [0.2, 0.25) is 0 Å².